The number of rotatable bonds is 1. The summed E-state index contributed by atoms with van der Waals surface area (Å²) >= 11 is 3.59. The fourth-order valence-electron chi connectivity index (χ4n) is 3.09. The van der Waals surface area contributed by atoms with Crippen LogP contribution in [0.2, 0.25) is 0 Å². The van der Waals surface area contributed by atoms with Crippen LogP contribution in [0.25, 0.3) is 27.6 Å². The molecule has 0 aliphatic heterocycles. The molecule has 0 N–H and O–H groups in total. The Hall–Kier alpha value is -2.20. The Morgan fingerprint density at radius 1 is 0.917 bits per heavy atom. The monoisotopic (exact) mass is 379 g/mol. The lowest BCUT2D eigenvalue weighted by Gasteiger charge is -2.19. The van der Waals surface area contributed by atoms with E-state index in [9.17, 15) is 0 Å². The molecule has 0 saturated carbocycles. The van der Waals surface area contributed by atoms with Crippen LogP contribution < -0.4 is 0 Å². The van der Waals surface area contributed by atoms with Crippen LogP contribution in [0.4, 0.5) is 0 Å². The van der Waals surface area contributed by atoms with Crippen molar-refractivity contribution in [3.63, 3.8) is 0 Å². The highest BCUT2D eigenvalue weighted by Crippen LogP contribution is 2.33. The van der Waals surface area contributed by atoms with Gasteiger partial charge in [-0.05, 0) is 41.3 Å². The molecule has 0 aliphatic carbocycles. The first-order chi connectivity index (χ1) is 11.4. The number of fused-ring (bicyclic) bond motifs is 3. The lowest BCUT2D eigenvalue weighted by Crippen LogP contribution is -2.12. The molecule has 4 aromatic rings. The lowest BCUT2D eigenvalue weighted by atomic mass is 9.88. The highest BCUT2D eigenvalue weighted by Gasteiger charge is 2.17. The fraction of sp³-hybridized carbons (Fsp3) is 0.200. The third-order valence-electron chi connectivity index (χ3n) is 4.37. The third kappa shape index (κ3) is 2.42. The van der Waals surface area contributed by atoms with Crippen LogP contribution in [0.15, 0.2) is 59.5 Å². The van der Waals surface area contributed by atoms with Gasteiger partial charge >= 0.3 is 0 Å². The van der Waals surface area contributed by atoms with E-state index in [0.29, 0.717) is 0 Å². The largest absolute Gasteiger partial charge is 0.294 e. The first-order valence-corrected chi connectivity index (χ1v) is 8.75. The van der Waals surface area contributed by atoms with Crippen molar-refractivity contribution < 1.29 is 0 Å². The van der Waals surface area contributed by atoms with Crippen LogP contribution in [-0.4, -0.2) is 14.5 Å². The van der Waals surface area contributed by atoms with Crippen molar-refractivity contribution in [2.45, 2.75) is 26.2 Å². The molecule has 1 aromatic carbocycles. The van der Waals surface area contributed by atoms with E-state index >= 15 is 0 Å². The predicted molar refractivity (Wildman–Crippen MR) is 103 cm³/mol. The van der Waals surface area contributed by atoms with Crippen molar-refractivity contribution in [2.24, 2.45) is 0 Å². The zero-order chi connectivity index (χ0) is 16.9. The van der Waals surface area contributed by atoms with Gasteiger partial charge in [0.1, 0.15) is 5.82 Å². The van der Waals surface area contributed by atoms with E-state index in [2.05, 4.69) is 87.6 Å². The maximum atomic E-state index is 4.65. The van der Waals surface area contributed by atoms with E-state index in [0.717, 1.165) is 26.7 Å². The third-order valence-corrected chi connectivity index (χ3v) is 4.86. The Morgan fingerprint density at radius 2 is 1.75 bits per heavy atom. The molecule has 0 spiro atoms. The van der Waals surface area contributed by atoms with Crippen molar-refractivity contribution in [2.75, 3.05) is 0 Å². The summed E-state index contributed by atoms with van der Waals surface area (Å²) in [5.74, 6) is 0.937. The van der Waals surface area contributed by atoms with Crippen molar-refractivity contribution in [3.8, 4) is 5.82 Å². The van der Waals surface area contributed by atoms with E-state index in [1.54, 1.807) is 0 Å². The molecule has 0 bridgehead atoms. The molecule has 3 heterocycles. The number of pyridine rings is 2. The highest BCUT2D eigenvalue weighted by molar-refractivity contribution is 9.10. The molecule has 4 heteroatoms. The van der Waals surface area contributed by atoms with Gasteiger partial charge in [0.25, 0.3) is 0 Å². The predicted octanol–water partition coefficient (Wildman–Crippen LogP) is 5.63. The second-order valence-electron chi connectivity index (χ2n) is 7.04. The zero-order valence-electron chi connectivity index (χ0n) is 13.9. The van der Waals surface area contributed by atoms with Gasteiger partial charge in [-0.3, -0.25) is 9.55 Å². The van der Waals surface area contributed by atoms with Gasteiger partial charge in [0.15, 0.2) is 0 Å². The number of hydrogen-bond donors (Lipinski definition) is 0. The van der Waals surface area contributed by atoms with Crippen LogP contribution in [0.5, 0.6) is 0 Å². The summed E-state index contributed by atoms with van der Waals surface area (Å²) in [6, 6.07) is 12.7. The Kier molecular flexibility index (Phi) is 3.46. The summed E-state index contributed by atoms with van der Waals surface area (Å²) in [7, 11) is 0. The number of benzene rings is 1. The van der Waals surface area contributed by atoms with E-state index < -0.39 is 0 Å². The Bertz CT molecular complexity index is 1060. The average molecular weight is 380 g/mol. The minimum Gasteiger partial charge on any atom is -0.294 e. The average Bonchev–Trinajstić information content (AvgIpc) is 2.87. The van der Waals surface area contributed by atoms with Crippen molar-refractivity contribution in [3.05, 3.63) is 65.0 Å². The molecular weight excluding hydrogens is 362 g/mol. The fourth-order valence-corrected chi connectivity index (χ4v) is 3.44. The molecule has 0 atom stereocenters. The second kappa shape index (κ2) is 5.42. The maximum Gasteiger partial charge on any atom is 0.137 e. The lowest BCUT2D eigenvalue weighted by molar-refractivity contribution is 0.588. The van der Waals surface area contributed by atoms with Gasteiger partial charge < -0.3 is 0 Å². The van der Waals surface area contributed by atoms with Gasteiger partial charge in [-0.1, -0.05) is 42.8 Å². The molecule has 120 valence electrons. The molecule has 3 aromatic heterocycles. The highest BCUT2D eigenvalue weighted by atomic mass is 79.9. The number of halogens is 1. The van der Waals surface area contributed by atoms with Gasteiger partial charge in [0, 0.05) is 33.8 Å². The van der Waals surface area contributed by atoms with E-state index in [1.165, 1.54) is 10.9 Å². The van der Waals surface area contributed by atoms with Crippen molar-refractivity contribution in [1.82, 2.24) is 14.5 Å². The number of nitrogens with zero attached hydrogens (tertiary/aromatic N) is 3. The normalized spacial score (nSPS) is 12.2. The van der Waals surface area contributed by atoms with Crippen LogP contribution in [0.3, 0.4) is 0 Å². The molecule has 0 amide bonds. The SMILES string of the molecule is CC(C)(C)c1ccnc(-n2c3ccncc3c3ccc(Br)cc32)c1. The van der Waals surface area contributed by atoms with Gasteiger partial charge in [-0.25, -0.2) is 4.98 Å². The summed E-state index contributed by atoms with van der Waals surface area (Å²) < 4.78 is 3.27. The molecule has 0 unspecified atom stereocenters. The van der Waals surface area contributed by atoms with E-state index in [1.807, 2.05) is 18.6 Å². The van der Waals surface area contributed by atoms with Gasteiger partial charge in [0.2, 0.25) is 0 Å². The Balaban J connectivity index is 2.10. The topological polar surface area (TPSA) is 30.7 Å². The smallest absolute Gasteiger partial charge is 0.137 e. The summed E-state index contributed by atoms with van der Waals surface area (Å²) in [6.45, 7) is 6.66. The first-order valence-electron chi connectivity index (χ1n) is 7.96. The van der Waals surface area contributed by atoms with Crippen molar-refractivity contribution in [1.29, 1.82) is 0 Å². The van der Waals surface area contributed by atoms with Crippen LogP contribution >= 0.6 is 15.9 Å². The van der Waals surface area contributed by atoms with Crippen molar-refractivity contribution >= 4 is 37.7 Å². The van der Waals surface area contributed by atoms with Crippen LogP contribution in [-0.2, 0) is 5.41 Å². The molecule has 0 saturated heterocycles. The minimum atomic E-state index is 0.0819. The summed E-state index contributed by atoms with van der Waals surface area (Å²) in [4.78, 5) is 8.96. The summed E-state index contributed by atoms with van der Waals surface area (Å²) in [5.41, 5.74) is 3.60. The number of hydrogen-bond acceptors (Lipinski definition) is 2. The molecule has 0 fully saturated rings. The molecule has 24 heavy (non-hydrogen) atoms. The molecule has 0 aliphatic rings. The van der Waals surface area contributed by atoms with Crippen LogP contribution in [0.1, 0.15) is 26.3 Å². The molecule has 0 radical (unpaired) electrons. The Labute approximate surface area is 149 Å². The van der Waals surface area contributed by atoms with Gasteiger partial charge in [-0.15, -0.1) is 0 Å². The zero-order valence-corrected chi connectivity index (χ0v) is 15.5. The number of aromatic nitrogens is 3. The summed E-state index contributed by atoms with van der Waals surface area (Å²) in [5, 5.41) is 2.33. The van der Waals surface area contributed by atoms with E-state index in [4.69, 9.17) is 0 Å². The molecule has 3 nitrogen and oxygen atoms in total. The van der Waals surface area contributed by atoms with E-state index in [-0.39, 0.29) is 5.41 Å². The molecule has 4 rings (SSSR count). The molecular formula is C20H18BrN3. The minimum absolute atomic E-state index is 0.0819. The van der Waals surface area contributed by atoms with Gasteiger partial charge in [0.05, 0.1) is 11.0 Å². The Morgan fingerprint density at radius 3 is 2.54 bits per heavy atom. The second-order valence-corrected chi connectivity index (χ2v) is 7.96. The van der Waals surface area contributed by atoms with Gasteiger partial charge in [-0.2, -0.15) is 0 Å². The maximum absolute atomic E-state index is 4.65. The summed E-state index contributed by atoms with van der Waals surface area (Å²) in [6.07, 6.45) is 5.66. The quantitative estimate of drug-likeness (QED) is 0.428. The standard InChI is InChI=1S/C20H18BrN3/c1-20(2,3)13-6-9-23-19(10-13)24-17-7-8-22-12-16(17)15-5-4-14(21)11-18(15)24/h4-12H,1-3H3. The van der Waals surface area contributed by atoms with Crippen LogP contribution in [0, 0.1) is 0 Å². The first kappa shape index (κ1) is 15.3.